The first-order valence-electron chi connectivity index (χ1n) is 4.76. The molecule has 0 spiro atoms. The molecule has 0 fully saturated rings. The molecular formula is C10H13BrO4S. The van der Waals surface area contributed by atoms with Gasteiger partial charge in [-0.2, -0.15) is 0 Å². The number of esters is 1. The molecule has 0 saturated heterocycles. The first-order chi connectivity index (χ1) is 7.47. The van der Waals surface area contributed by atoms with Crippen LogP contribution in [0.4, 0.5) is 0 Å². The van der Waals surface area contributed by atoms with Gasteiger partial charge in [-0.15, -0.1) is 11.3 Å². The van der Waals surface area contributed by atoms with Crippen molar-refractivity contribution in [2.45, 2.75) is 26.1 Å². The molecule has 16 heavy (non-hydrogen) atoms. The van der Waals surface area contributed by atoms with E-state index in [1.54, 1.807) is 13.0 Å². The molecule has 6 heteroatoms. The van der Waals surface area contributed by atoms with Gasteiger partial charge < -0.3 is 14.9 Å². The summed E-state index contributed by atoms with van der Waals surface area (Å²) >= 11 is 4.60. The Hall–Kier alpha value is -0.430. The van der Waals surface area contributed by atoms with Gasteiger partial charge in [0.2, 0.25) is 0 Å². The molecule has 1 heterocycles. The van der Waals surface area contributed by atoms with Gasteiger partial charge in [-0.1, -0.05) is 0 Å². The van der Waals surface area contributed by atoms with Gasteiger partial charge in [-0.05, 0) is 41.4 Å². The fourth-order valence-electron chi connectivity index (χ4n) is 1.14. The van der Waals surface area contributed by atoms with Crippen LogP contribution in [0, 0.1) is 6.92 Å². The molecule has 0 amide bonds. The minimum Gasteiger partial charge on any atom is -0.464 e. The van der Waals surface area contributed by atoms with Crippen LogP contribution in [-0.4, -0.2) is 28.9 Å². The summed E-state index contributed by atoms with van der Waals surface area (Å²) in [6.45, 7) is 3.69. The van der Waals surface area contributed by atoms with Crippen LogP contribution in [0.3, 0.4) is 0 Å². The van der Waals surface area contributed by atoms with E-state index in [2.05, 4.69) is 20.7 Å². The summed E-state index contributed by atoms with van der Waals surface area (Å²) in [6.07, 6.45) is -2.78. The monoisotopic (exact) mass is 308 g/mol. The van der Waals surface area contributed by atoms with Crippen LogP contribution in [0.1, 0.15) is 23.5 Å². The van der Waals surface area contributed by atoms with Gasteiger partial charge in [0.05, 0.1) is 10.4 Å². The molecule has 90 valence electrons. The summed E-state index contributed by atoms with van der Waals surface area (Å²) in [4.78, 5) is 11.7. The molecule has 1 aromatic rings. The Kier molecular flexibility index (Phi) is 4.91. The fraction of sp³-hybridized carbons (Fsp3) is 0.500. The van der Waals surface area contributed by atoms with Crippen LogP contribution >= 0.6 is 27.3 Å². The number of thiophene rings is 1. The van der Waals surface area contributed by atoms with Crippen molar-refractivity contribution in [3.8, 4) is 0 Å². The summed E-state index contributed by atoms with van der Waals surface area (Å²) in [6, 6.07) is 1.72. The number of hydrogen-bond donors (Lipinski definition) is 2. The highest BCUT2D eigenvalue weighted by Crippen LogP contribution is 2.32. The van der Waals surface area contributed by atoms with Gasteiger partial charge in [-0.25, -0.2) is 4.79 Å². The molecule has 0 aliphatic rings. The number of aryl methyl sites for hydroxylation is 1. The van der Waals surface area contributed by atoms with E-state index in [1.807, 2.05) is 6.92 Å². The highest BCUT2D eigenvalue weighted by atomic mass is 79.9. The minimum absolute atomic E-state index is 0.176. The lowest BCUT2D eigenvalue weighted by Gasteiger charge is -2.14. The Morgan fingerprint density at radius 3 is 2.69 bits per heavy atom. The maximum Gasteiger partial charge on any atom is 0.338 e. The van der Waals surface area contributed by atoms with Crippen LogP contribution in [-0.2, 0) is 9.53 Å². The largest absolute Gasteiger partial charge is 0.464 e. The Labute approximate surface area is 106 Å². The molecule has 0 aromatic carbocycles. The van der Waals surface area contributed by atoms with Gasteiger partial charge >= 0.3 is 5.97 Å². The van der Waals surface area contributed by atoms with E-state index in [-0.39, 0.29) is 6.61 Å². The van der Waals surface area contributed by atoms with Crippen LogP contribution in [0.5, 0.6) is 0 Å². The summed E-state index contributed by atoms with van der Waals surface area (Å²) in [5.74, 6) is -0.808. The second-order valence-electron chi connectivity index (χ2n) is 3.25. The molecule has 0 radical (unpaired) electrons. The van der Waals surface area contributed by atoms with Gasteiger partial charge in [0.25, 0.3) is 0 Å². The van der Waals surface area contributed by atoms with Crippen molar-refractivity contribution in [3.63, 3.8) is 0 Å². The molecule has 2 atom stereocenters. The average Bonchev–Trinajstić information content (AvgIpc) is 2.57. The number of hydrogen-bond acceptors (Lipinski definition) is 5. The lowest BCUT2D eigenvalue weighted by molar-refractivity contribution is -0.159. The van der Waals surface area contributed by atoms with Crippen molar-refractivity contribution in [1.29, 1.82) is 0 Å². The third kappa shape index (κ3) is 3.04. The summed E-state index contributed by atoms with van der Waals surface area (Å²) in [5.41, 5.74) is 0.954. The predicted molar refractivity (Wildman–Crippen MR) is 64.4 cm³/mol. The molecular weight excluding hydrogens is 296 g/mol. The molecule has 0 aliphatic carbocycles. The SMILES string of the molecule is CCOC(=O)C(O)C(O)c1cc(C)c(Br)s1. The first-order valence-corrected chi connectivity index (χ1v) is 6.37. The lowest BCUT2D eigenvalue weighted by atomic mass is 10.1. The Balaban J connectivity index is 2.77. The minimum atomic E-state index is -1.54. The molecule has 2 N–H and O–H groups in total. The second-order valence-corrected chi connectivity index (χ2v) is 5.65. The smallest absolute Gasteiger partial charge is 0.338 e. The fourth-order valence-corrected chi connectivity index (χ4v) is 2.73. The number of carbonyl (C=O) groups is 1. The number of carbonyl (C=O) groups excluding carboxylic acids is 1. The maximum atomic E-state index is 11.2. The molecule has 2 unspecified atom stereocenters. The Morgan fingerprint density at radius 1 is 1.62 bits per heavy atom. The molecule has 1 aromatic heterocycles. The van der Waals surface area contributed by atoms with E-state index in [0.717, 1.165) is 9.35 Å². The molecule has 4 nitrogen and oxygen atoms in total. The van der Waals surface area contributed by atoms with E-state index in [0.29, 0.717) is 4.88 Å². The third-order valence-corrected chi connectivity index (χ3v) is 4.20. The van der Waals surface area contributed by atoms with Crippen molar-refractivity contribution in [3.05, 3.63) is 20.3 Å². The lowest BCUT2D eigenvalue weighted by Crippen LogP contribution is -2.29. The van der Waals surface area contributed by atoms with Crippen molar-refractivity contribution in [2.24, 2.45) is 0 Å². The normalized spacial score (nSPS) is 14.6. The van der Waals surface area contributed by atoms with Gasteiger partial charge in [0.15, 0.2) is 6.10 Å². The number of rotatable bonds is 4. The van der Waals surface area contributed by atoms with Crippen molar-refractivity contribution in [1.82, 2.24) is 0 Å². The quantitative estimate of drug-likeness (QED) is 0.832. The van der Waals surface area contributed by atoms with Crippen molar-refractivity contribution < 1.29 is 19.7 Å². The Bertz CT molecular complexity index is 357. The zero-order chi connectivity index (χ0) is 12.3. The number of ether oxygens (including phenoxy) is 1. The zero-order valence-electron chi connectivity index (χ0n) is 8.94. The van der Waals surface area contributed by atoms with E-state index in [4.69, 9.17) is 0 Å². The van der Waals surface area contributed by atoms with Crippen molar-refractivity contribution >= 4 is 33.2 Å². The van der Waals surface area contributed by atoms with Crippen LogP contribution in [0.15, 0.2) is 9.85 Å². The van der Waals surface area contributed by atoms with E-state index >= 15 is 0 Å². The highest BCUT2D eigenvalue weighted by molar-refractivity contribution is 9.11. The molecule has 1 rings (SSSR count). The standard InChI is InChI=1S/C10H13BrO4S/c1-3-15-10(14)8(13)7(12)6-4-5(2)9(11)16-6/h4,7-8,12-13H,3H2,1-2H3. The van der Waals surface area contributed by atoms with Crippen LogP contribution in [0.2, 0.25) is 0 Å². The summed E-state index contributed by atoms with van der Waals surface area (Å²) in [5, 5.41) is 19.3. The van der Waals surface area contributed by atoms with Crippen LogP contribution < -0.4 is 0 Å². The highest BCUT2D eigenvalue weighted by Gasteiger charge is 2.28. The number of halogens is 1. The zero-order valence-corrected chi connectivity index (χ0v) is 11.3. The average molecular weight is 309 g/mol. The molecule has 0 bridgehead atoms. The van der Waals surface area contributed by atoms with Gasteiger partial charge in [-0.3, -0.25) is 0 Å². The third-order valence-electron chi connectivity index (χ3n) is 1.99. The van der Waals surface area contributed by atoms with Crippen molar-refractivity contribution in [2.75, 3.05) is 6.61 Å². The first kappa shape index (κ1) is 13.6. The predicted octanol–water partition coefficient (Wildman–Crippen LogP) is 1.78. The Morgan fingerprint density at radius 2 is 2.25 bits per heavy atom. The van der Waals surface area contributed by atoms with Gasteiger partial charge in [0, 0.05) is 4.88 Å². The second kappa shape index (κ2) is 5.77. The molecule has 0 saturated carbocycles. The van der Waals surface area contributed by atoms with E-state index in [1.165, 1.54) is 11.3 Å². The summed E-state index contributed by atoms with van der Waals surface area (Å²) < 4.78 is 5.50. The van der Waals surface area contributed by atoms with Gasteiger partial charge in [0.1, 0.15) is 6.10 Å². The molecule has 0 aliphatic heterocycles. The van der Waals surface area contributed by atoms with Crippen LogP contribution in [0.25, 0.3) is 0 Å². The number of aliphatic hydroxyl groups is 2. The topological polar surface area (TPSA) is 66.8 Å². The van der Waals surface area contributed by atoms with E-state index < -0.39 is 18.2 Å². The summed E-state index contributed by atoms with van der Waals surface area (Å²) in [7, 11) is 0. The maximum absolute atomic E-state index is 11.2. The van der Waals surface area contributed by atoms with E-state index in [9.17, 15) is 15.0 Å². The number of aliphatic hydroxyl groups excluding tert-OH is 2.